The van der Waals surface area contributed by atoms with Gasteiger partial charge in [0.15, 0.2) is 6.20 Å². The number of nitrogens with zero attached hydrogens (tertiary/aromatic N) is 3. The molecule has 0 saturated heterocycles. The Labute approximate surface area is 139 Å². The second kappa shape index (κ2) is 5.25. The van der Waals surface area contributed by atoms with Crippen LogP contribution in [0.1, 0.15) is 26.3 Å². The van der Waals surface area contributed by atoms with Crippen LogP contribution in [-0.4, -0.2) is 10.1 Å². The van der Waals surface area contributed by atoms with Crippen LogP contribution in [0.25, 0.3) is 22.3 Å². The molecular weight excluding hydrogens is 310 g/mol. The van der Waals surface area contributed by atoms with Gasteiger partial charge in [0.05, 0.1) is 11.4 Å². The number of nitrogen functional groups attached to an aromatic ring is 1. The lowest BCUT2D eigenvalue weighted by molar-refractivity contribution is -0.781. The molecule has 2 aromatic heterocycles. The number of anilines is 1. The first-order chi connectivity index (χ1) is 10.8. The van der Waals surface area contributed by atoms with E-state index >= 15 is 0 Å². The molecule has 0 fully saturated rings. The molecule has 0 radical (unpaired) electrons. The van der Waals surface area contributed by atoms with Crippen molar-refractivity contribution in [1.29, 1.82) is 5.26 Å². The van der Waals surface area contributed by atoms with Gasteiger partial charge in [0.1, 0.15) is 22.6 Å². The number of fused-ring (bicyclic) bond motifs is 1. The number of nitriles is 1. The van der Waals surface area contributed by atoms with E-state index < -0.39 is 0 Å². The Morgan fingerprint density at radius 2 is 1.91 bits per heavy atom. The van der Waals surface area contributed by atoms with Gasteiger partial charge in [0.25, 0.3) is 0 Å². The van der Waals surface area contributed by atoms with E-state index in [4.69, 9.17) is 17.3 Å². The molecule has 2 heterocycles. The van der Waals surface area contributed by atoms with Crippen LogP contribution in [0.3, 0.4) is 0 Å². The summed E-state index contributed by atoms with van der Waals surface area (Å²) in [4.78, 5) is 4.45. The van der Waals surface area contributed by atoms with Crippen molar-refractivity contribution in [1.82, 2.24) is 10.1 Å². The second-order valence-corrected chi connectivity index (χ2v) is 6.83. The maximum absolute atomic E-state index is 9.24. The number of pyridine rings is 1. The molecule has 3 aromatic rings. The van der Waals surface area contributed by atoms with E-state index in [9.17, 15) is 5.26 Å². The number of hydrogen-bond acceptors (Lipinski definition) is 3. The first-order valence-corrected chi connectivity index (χ1v) is 7.59. The molecule has 0 atom stereocenters. The van der Waals surface area contributed by atoms with E-state index in [-0.39, 0.29) is 5.54 Å². The molecule has 3 N–H and O–H groups in total. The molecule has 0 bridgehead atoms. The Bertz CT molecular complexity index is 927. The van der Waals surface area contributed by atoms with Gasteiger partial charge in [-0.2, -0.15) is 5.26 Å². The maximum atomic E-state index is 9.24. The van der Waals surface area contributed by atoms with E-state index in [1.807, 2.05) is 28.9 Å². The van der Waals surface area contributed by atoms with Gasteiger partial charge in [-0.3, -0.25) is 0 Å². The fourth-order valence-corrected chi connectivity index (χ4v) is 2.68. The molecule has 0 aliphatic heterocycles. The predicted molar refractivity (Wildman–Crippen MR) is 90.9 cm³/mol. The van der Waals surface area contributed by atoms with E-state index in [2.05, 4.69) is 36.9 Å². The molecule has 6 heteroatoms. The highest BCUT2D eigenvalue weighted by Gasteiger charge is 2.30. The third kappa shape index (κ3) is 2.51. The average molecular weight is 327 g/mol. The maximum Gasteiger partial charge on any atom is 0.353 e. The normalized spacial score (nSPS) is 11.6. The van der Waals surface area contributed by atoms with Crippen LogP contribution in [0.4, 0.5) is 5.69 Å². The lowest BCUT2D eigenvalue weighted by Gasteiger charge is -2.13. The smallest absolute Gasteiger partial charge is 0.353 e. The number of benzene rings is 1. The van der Waals surface area contributed by atoms with Crippen molar-refractivity contribution in [3.63, 3.8) is 0 Å². The largest absolute Gasteiger partial charge is 0.397 e. The second-order valence-electron chi connectivity index (χ2n) is 6.40. The zero-order chi connectivity index (χ0) is 16.8. The standard InChI is InChI=1S/C17H16ClN5/c1-17(2,3)23-16-13(14(20)11(8-19)9-21-16)15(22-23)10-4-6-12(18)7-5-10/h4-7,9H,1-3H3,(H2,20,21,22)/p+1. The van der Waals surface area contributed by atoms with E-state index in [1.54, 1.807) is 0 Å². The third-order valence-corrected chi connectivity index (χ3v) is 3.96. The summed E-state index contributed by atoms with van der Waals surface area (Å²) in [7, 11) is 0. The molecule has 23 heavy (non-hydrogen) atoms. The molecule has 0 aliphatic rings. The van der Waals surface area contributed by atoms with Crippen molar-refractivity contribution in [3.05, 3.63) is 41.0 Å². The fraction of sp³-hybridized carbons (Fsp3) is 0.235. The molecule has 1 aromatic carbocycles. The zero-order valence-corrected chi connectivity index (χ0v) is 13.9. The van der Waals surface area contributed by atoms with Crippen molar-refractivity contribution in [2.45, 2.75) is 26.3 Å². The van der Waals surface area contributed by atoms with E-state index in [0.717, 1.165) is 22.3 Å². The van der Waals surface area contributed by atoms with Gasteiger partial charge >= 0.3 is 5.65 Å². The molecular formula is C17H17ClN5+. The van der Waals surface area contributed by atoms with Gasteiger partial charge in [-0.25, -0.2) is 5.10 Å². The van der Waals surface area contributed by atoms with Crippen LogP contribution in [0.5, 0.6) is 0 Å². The highest BCUT2D eigenvalue weighted by molar-refractivity contribution is 6.30. The molecule has 0 saturated carbocycles. The number of H-pyrrole nitrogens is 1. The summed E-state index contributed by atoms with van der Waals surface area (Å²) in [5, 5.41) is 14.0. The highest BCUT2D eigenvalue weighted by Crippen LogP contribution is 2.32. The summed E-state index contributed by atoms with van der Waals surface area (Å²) >= 11 is 5.98. The van der Waals surface area contributed by atoms with Crippen molar-refractivity contribution in [2.75, 3.05) is 5.73 Å². The Morgan fingerprint density at radius 3 is 2.48 bits per heavy atom. The van der Waals surface area contributed by atoms with E-state index in [0.29, 0.717) is 16.3 Å². The zero-order valence-electron chi connectivity index (χ0n) is 13.2. The SMILES string of the molecule is CC(C)(C)[n+]1[nH]c(-c2ccc(Cl)cc2)c2c(N)c(C#N)cnc21. The number of halogens is 1. The summed E-state index contributed by atoms with van der Waals surface area (Å²) in [6.07, 6.45) is 1.51. The number of aromatic amines is 1. The van der Waals surface area contributed by atoms with Gasteiger partial charge in [-0.1, -0.05) is 23.7 Å². The Balaban J connectivity index is 2.41. The van der Waals surface area contributed by atoms with Crippen molar-refractivity contribution in [2.24, 2.45) is 0 Å². The summed E-state index contributed by atoms with van der Waals surface area (Å²) < 4.78 is 1.96. The minimum absolute atomic E-state index is 0.212. The topological polar surface area (TPSA) is 82.4 Å². The van der Waals surface area contributed by atoms with Crippen molar-refractivity contribution < 1.29 is 4.68 Å². The van der Waals surface area contributed by atoms with Gasteiger partial charge in [-0.15, -0.1) is 4.68 Å². The van der Waals surface area contributed by atoms with Crippen LogP contribution in [0.2, 0.25) is 5.02 Å². The van der Waals surface area contributed by atoms with E-state index in [1.165, 1.54) is 6.20 Å². The molecule has 0 unspecified atom stereocenters. The predicted octanol–water partition coefficient (Wildman–Crippen LogP) is 3.38. The molecule has 0 aliphatic carbocycles. The van der Waals surface area contributed by atoms with Gasteiger partial charge in [0.2, 0.25) is 0 Å². The average Bonchev–Trinajstić information content (AvgIpc) is 2.89. The highest BCUT2D eigenvalue weighted by atomic mass is 35.5. The quantitative estimate of drug-likeness (QED) is 0.672. The number of nitrogens with one attached hydrogen (secondary N) is 1. The van der Waals surface area contributed by atoms with Crippen molar-refractivity contribution in [3.8, 4) is 17.3 Å². The monoisotopic (exact) mass is 326 g/mol. The first-order valence-electron chi connectivity index (χ1n) is 7.21. The minimum Gasteiger partial charge on any atom is -0.397 e. The third-order valence-electron chi connectivity index (χ3n) is 3.71. The molecule has 5 nitrogen and oxygen atoms in total. The van der Waals surface area contributed by atoms with Crippen LogP contribution in [-0.2, 0) is 5.54 Å². The van der Waals surface area contributed by atoms with Crippen molar-refractivity contribution >= 4 is 28.3 Å². The summed E-state index contributed by atoms with van der Waals surface area (Å²) in [6.45, 7) is 6.22. The van der Waals surface area contributed by atoms with Gasteiger partial charge in [0, 0.05) is 10.6 Å². The van der Waals surface area contributed by atoms with Crippen LogP contribution >= 0.6 is 11.6 Å². The lowest BCUT2D eigenvalue weighted by atomic mass is 10.1. The Morgan fingerprint density at radius 1 is 1.26 bits per heavy atom. The van der Waals surface area contributed by atoms with Crippen LogP contribution < -0.4 is 10.4 Å². The molecule has 116 valence electrons. The number of aromatic nitrogens is 3. The molecule has 0 spiro atoms. The summed E-state index contributed by atoms with van der Waals surface area (Å²) in [5.41, 5.74) is 9.31. The molecule has 0 amide bonds. The number of rotatable bonds is 1. The Hall–Kier alpha value is -2.58. The van der Waals surface area contributed by atoms with Crippen LogP contribution in [0.15, 0.2) is 30.5 Å². The van der Waals surface area contributed by atoms with Gasteiger partial charge in [-0.05, 0) is 37.9 Å². The van der Waals surface area contributed by atoms with Gasteiger partial charge < -0.3 is 5.73 Å². The Kier molecular flexibility index (Phi) is 3.50. The minimum atomic E-state index is -0.212. The first kappa shape index (κ1) is 15.3. The number of nitrogens with two attached hydrogens (primary N) is 1. The lowest BCUT2D eigenvalue weighted by Crippen LogP contribution is -2.52. The number of hydrogen-bond donors (Lipinski definition) is 2. The molecule has 3 rings (SSSR count). The summed E-state index contributed by atoms with van der Waals surface area (Å²) in [6, 6.07) is 9.57. The fourth-order valence-electron chi connectivity index (χ4n) is 2.55. The van der Waals surface area contributed by atoms with Crippen LogP contribution in [0, 0.1) is 11.3 Å². The summed E-state index contributed by atoms with van der Waals surface area (Å²) in [5.74, 6) is 0.